The predicted octanol–water partition coefficient (Wildman–Crippen LogP) is 2.60. The summed E-state index contributed by atoms with van der Waals surface area (Å²) in [4.78, 5) is 2.51. The van der Waals surface area contributed by atoms with Crippen LogP contribution in [0.25, 0.3) is 0 Å². The molecule has 1 aliphatic carbocycles. The van der Waals surface area contributed by atoms with Crippen molar-refractivity contribution in [3.05, 3.63) is 5.82 Å². The quantitative estimate of drug-likeness (QED) is 0.837. The minimum atomic E-state index is 0.320. The van der Waals surface area contributed by atoms with Gasteiger partial charge in [-0.2, -0.15) is 0 Å². The van der Waals surface area contributed by atoms with Gasteiger partial charge in [-0.15, -0.1) is 5.10 Å². The van der Waals surface area contributed by atoms with Crippen molar-refractivity contribution in [3.63, 3.8) is 0 Å². The van der Waals surface area contributed by atoms with E-state index < -0.39 is 0 Å². The highest BCUT2D eigenvalue weighted by Gasteiger charge is 2.30. The second kappa shape index (κ2) is 7.51. The van der Waals surface area contributed by atoms with Gasteiger partial charge in [-0.1, -0.05) is 33.1 Å². The van der Waals surface area contributed by atoms with Crippen LogP contribution in [-0.4, -0.2) is 51.4 Å². The fraction of sp³-hybridized carbons (Fsp3) is 0.938. The van der Waals surface area contributed by atoms with E-state index in [4.69, 9.17) is 4.74 Å². The van der Waals surface area contributed by atoms with Crippen LogP contribution in [0.2, 0.25) is 0 Å². The average Bonchev–Trinajstić information content (AvgIpc) is 3.03. The summed E-state index contributed by atoms with van der Waals surface area (Å²) in [5, 5.41) is 12.8. The van der Waals surface area contributed by atoms with Crippen molar-refractivity contribution in [3.8, 4) is 0 Å². The van der Waals surface area contributed by atoms with Crippen LogP contribution in [0.3, 0.4) is 0 Å². The molecule has 1 aliphatic heterocycles. The summed E-state index contributed by atoms with van der Waals surface area (Å²) in [6.45, 7) is 8.16. The van der Waals surface area contributed by atoms with Crippen LogP contribution in [0.5, 0.6) is 0 Å². The van der Waals surface area contributed by atoms with Gasteiger partial charge in [0.05, 0.1) is 25.3 Å². The van der Waals surface area contributed by atoms with E-state index in [2.05, 4.69) is 39.0 Å². The zero-order valence-corrected chi connectivity index (χ0v) is 13.9. The lowest BCUT2D eigenvalue weighted by atomic mass is 9.95. The van der Waals surface area contributed by atoms with Crippen molar-refractivity contribution in [1.29, 1.82) is 0 Å². The zero-order chi connectivity index (χ0) is 15.4. The van der Waals surface area contributed by atoms with Gasteiger partial charge in [0.25, 0.3) is 0 Å². The van der Waals surface area contributed by atoms with E-state index in [0.29, 0.717) is 18.0 Å². The number of hydrogen-bond acceptors (Lipinski definition) is 5. The average molecular weight is 307 g/mol. The molecule has 0 unspecified atom stereocenters. The SMILES string of the molecule is CC(C)C[C@@H](c1nnnn1C1CCCCC1)N1CCOCC1. The molecule has 0 amide bonds. The molecule has 2 heterocycles. The summed E-state index contributed by atoms with van der Waals surface area (Å²) in [5.41, 5.74) is 0. The van der Waals surface area contributed by atoms with Crippen molar-refractivity contribution >= 4 is 0 Å². The molecule has 0 spiro atoms. The number of morpholine rings is 1. The maximum Gasteiger partial charge on any atom is 0.168 e. The molecule has 1 atom stereocenters. The first-order valence-corrected chi connectivity index (χ1v) is 8.85. The van der Waals surface area contributed by atoms with Gasteiger partial charge in [0.15, 0.2) is 5.82 Å². The molecular weight excluding hydrogens is 278 g/mol. The highest BCUT2D eigenvalue weighted by atomic mass is 16.5. The summed E-state index contributed by atoms with van der Waals surface area (Å²) in [6.07, 6.45) is 7.50. The molecule has 2 fully saturated rings. The first kappa shape index (κ1) is 15.9. The normalized spacial score (nSPS) is 23.0. The molecule has 1 aromatic heterocycles. The Bertz CT molecular complexity index is 449. The molecular formula is C16H29N5O. The second-order valence-corrected chi connectivity index (χ2v) is 7.07. The topological polar surface area (TPSA) is 56.1 Å². The van der Waals surface area contributed by atoms with Gasteiger partial charge in [0.2, 0.25) is 0 Å². The first-order chi connectivity index (χ1) is 10.8. The molecule has 124 valence electrons. The number of rotatable bonds is 5. The van der Waals surface area contributed by atoms with Gasteiger partial charge in [0, 0.05) is 13.1 Å². The van der Waals surface area contributed by atoms with E-state index in [-0.39, 0.29) is 0 Å². The molecule has 1 aromatic rings. The summed E-state index contributed by atoms with van der Waals surface area (Å²) < 4.78 is 7.66. The van der Waals surface area contributed by atoms with Gasteiger partial charge in [-0.25, -0.2) is 4.68 Å². The van der Waals surface area contributed by atoms with E-state index in [0.717, 1.165) is 38.5 Å². The molecule has 2 aliphatic rings. The van der Waals surface area contributed by atoms with Crippen LogP contribution >= 0.6 is 0 Å². The molecule has 6 nitrogen and oxygen atoms in total. The van der Waals surface area contributed by atoms with Crippen molar-refractivity contribution < 1.29 is 4.74 Å². The van der Waals surface area contributed by atoms with E-state index in [1.165, 1.54) is 32.1 Å². The Morgan fingerprint density at radius 3 is 2.55 bits per heavy atom. The van der Waals surface area contributed by atoms with Crippen LogP contribution in [0.15, 0.2) is 0 Å². The second-order valence-electron chi connectivity index (χ2n) is 7.07. The Balaban J connectivity index is 1.82. The van der Waals surface area contributed by atoms with Crippen molar-refractivity contribution in [1.82, 2.24) is 25.1 Å². The minimum absolute atomic E-state index is 0.320. The van der Waals surface area contributed by atoms with Crippen LogP contribution in [0.4, 0.5) is 0 Å². The lowest BCUT2D eigenvalue weighted by molar-refractivity contribution is 0.00797. The number of nitrogens with zero attached hydrogens (tertiary/aromatic N) is 5. The summed E-state index contributed by atoms with van der Waals surface area (Å²) in [6, 6.07) is 0.815. The van der Waals surface area contributed by atoms with Crippen LogP contribution in [0, 0.1) is 5.92 Å². The lowest BCUT2D eigenvalue weighted by Gasteiger charge is -2.35. The van der Waals surface area contributed by atoms with Gasteiger partial charge in [-0.3, -0.25) is 4.90 Å². The van der Waals surface area contributed by atoms with Crippen LogP contribution in [0.1, 0.15) is 70.3 Å². The molecule has 0 radical (unpaired) electrons. The first-order valence-electron chi connectivity index (χ1n) is 8.85. The highest BCUT2D eigenvalue weighted by Crippen LogP contribution is 2.32. The summed E-state index contributed by atoms with van der Waals surface area (Å²) >= 11 is 0. The molecule has 6 heteroatoms. The fourth-order valence-electron chi connectivity index (χ4n) is 3.76. The third kappa shape index (κ3) is 3.66. The number of hydrogen-bond donors (Lipinski definition) is 0. The van der Waals surface area contributed by atoms with Crippen molar-refractivity contribution in [2.45, 2.75) is 64.5 Å². The van der Waals surface area contributed by atoms with E-state index >= 15 is 0 Å². The third-order valence-electron chi connectivity index (χ3n) is 4.92. The summed E-state index contributed by atoms with van der Waals surface area (Å²) in [5.74, 6) is 1.70. The molecule has 22 heavy (non-hydrogen) atoms. The number of ether oxygens (including phenoxy) is 1. The molecule has 1 saturated heterocycles. The number of tetrazole rings is 1. The largest absolute Gasteiger partial charge is 0.379 e. The Morgan fingerprint density at radius 1 is 1.14 bits per heavy atom. The Hall–Kier alpha value is -1.01. The van der Waals surface area contributed by atoms with Gasteiger partial charge >= 0.3 is 0 Å². The van der Waals surface area contributed by atoms with Gasteiger partial charge < -0.3 is 4.74 Å². The molecule has 3 rings (SSSR count). The standard InChI is InChI=1S/C16H29N5O/c1-13(2)12-15(20-8-10-22-11-9-20)16-17-18-19-21(16)14-6-4-3-5-7-14/h13-15H,3-12H2,1-2H3/t15-/m0/s1. The van der Waals surface area contributed by atoms with Crippen molar-refractivity contribution in [2.75, 3.05) is 26.3 Å². The third-order valence-corrected chi connectivity index (χ3v) is 4.92. The lowest BCUT2D eigenvalue weighted by Crippen LogP contribution is -2.41. The maximum absolute atomic E-state index is 5.52. The smallest absolute Gasteiger partial charge is 0.168 e. The Morgan fingerprint density at radius 2 is 1.86 bits per heavy atom. The maximum atomic E-state index is 5.52. The predicted molar refractivity (Wildman–Crippen MR) is 84.5 cm³/mol. The van der Waals surface area contributed by atoms with Crippen LogP contribution < -0.4 is 0 Å². The zero-order valence-electron chi connectivity index (χ0n) is 13.9. The van der Waals surface area contributed by atoms with Crippen molar-refractivity contribution in [2.24, 2.45) is 5.92 Å². The van der Waals surface area contributed by atoms with Gasteiger partial charge in [-0.05, 0) is 35.6 Å². The van der Waals surface area contributed by atoms with Crippen LogP contribution in [-0.2, 0) is 4.74 Å². The molecule has 0 bridgehead atoms. The monoisotopic (exact) mass is 307 g/mol. The molecule has 1 saturated carbocycles. The summed E-state index contributed by atoms with van der Waals surface area (Å²) in [7, 11) is 0. The highest BCUT2D eigenvalue weighted by molar-refractivity contribution is 4.97. The molecule has 0 N–H and O–H groups in total. The van der Waals surface area contributed by atoms with E-state index in [9.17, 15) is 0 Å². The van der Waals surface area contributed by atoms with Gasteiger partial charge in [0.1, 0.15) is 0 Å². The Labute approximate surface area is 133 Å². The fourth-order valence-corrected chi connectivity index (χ4v) is 3.76. The number of aromatic nitrogens is 4. The van der Waals surface area contributed by atoms with E-state index in [1.54, 1.807) is 0 Å². The Kier molecular flexibility index (Phi) is 5.41. The van der Waals surface area contributed by atoms with E-state index in [1.807, 2.05) is 0 Å². The molecule has 0 aromatic carbocycles. The minimum Gasteiger partial charge on any atom is -0.379 e.